The first-order valence-electron chi connectivity index (χ1n) is 11.3. The normalized spacial score (nSPS) is 11.1. The van der Waals surface area contributed by atoms with Crippen LogP contribution in [0.2, 0.25) is 0 Å². The van der Waals surface area contributed by atoms with E-state index < -0.39 is 0 Å². The minimum absolute atomic E-state index is 0.0966. The molecule has 1 amide bonds. The highest BCUT2D eigenvalue weighted by molar-refractivity contribution is 7.99. The van der Waals surface area contributed by atoms with Crippen LogP contribution in [-0.4, -0.2) is 32.8 Å². The van der Waals surface area contributed by atoms with Crippen molar-refractivity contribution in [2.45, 2.75) is 19.0 Å². The van der Waals surface area contributed by atoms with E-state index in [-0.39, 0.29) is 17.2 Å². The fourth-order valence-corrected chi connectivity index (χ4v) is 4.79. The van der Waals surface area contributed by atoms with Crippen LogP contribution in [0.4, 0.5) is 5.69 Å². The molecule has 5 aromatic rings. The number of anilines is 1. The van der Waals surface area contributed by atoms with Crippen LogP contribution >= 0.6 is 11.8 Å². The van der Waals surface area contributed by atoms with Crippen molar-refractivity contribution < 1.29 is 9.53 Å². The van der Waals surface area contributed by atoms with Gasteiger partial charge in [0.05, 0.1) is 18.0 Å². The standard InChI is InChI=1S/C27H24N4O3S/c1-3-34-19-14-12-18(13-15-19)28-23(32)16-35-27-30-24-20-9-5-6-10-21(20)29-25(24)26(33)31(27)22-11-7-4-8-17(22)2/h4-15,29H,3,16H2,1-2H3,(H,28,32). The Kier molecular flexibility index (Phi) is 6.29. The summed E-state index contributed by atoms with van der Waals surface area (Å²) in [4.78, 5) is 34.5. The van der Waals surface area contributed by atoms with Crippen molar-refractivity contribution in [3.8, 4) is 11.4 Å². The summed E-state index contributed by atoms with van der Waals surface area (Å²) < 4.78 is 7.03. The Labute approximate surface area is 206 Å². The maximum absolute atomic E-state index is 13.7. The van der Waals surface area contributed by atoms with Crippen LogP contribution in [0.5, 0.6) is 5.75 Å². The van der Waals surface area contributed by atoms with Crippen LogP contribution in [0, 0.1) is 6.92 Å². The second kappa shape index (κ2) is 9.68. The molecule has 0 aliphatic rings. The number of thioether (sulfide) groups is 1. The van der Waals surface area contributed by atoms with Gasteiger partial charge in [-0.25, -0.2) is 4.98 Å². The fourth-order valence-electron chi connectivity index (χ4n) is 3.99. The first kappa shape index (κ1) is 22.7. The SMILES string of the molecule is CCOc1ccc(NC(=O)CSc2nc3c([nH]c4ccccc43)c(=O)n2-c2ccccc2C)cc1. The van der Waals surface area contributed by atoms with Gasteiger partial charge in [-0.05, 0) is 55.8 Å². The van der Waals surface area contributed by atoms with E-state index in [1.54, 1.807) is 16.7 Å². The van der Waals surface area contributed by atoms with Crippen molar-refractivity contribution in [3.05, 3.63) is 88.7 Å². The lowest BCUT2D eigenvalue weighted by molar-refractivity contribution is -0.113. The second-order valence-corrected chi connectivity index (χ2v) is 8.95. The smallest absolute Gasteiger partial charge is 0.283 e. The minimum Gasteiger partial charge on any atom is -0.494 e. The lowest BCUT2D eigenvalue weighted by Gasteiger charge is -2.14. The summed E-state index contributed by atoms with van der Waals surface area (Å²) >= 11 is 1.23. The number of carbonyl (C=O) groups is 1. The average molecular weight is 485 g/mol. The topological polar surface area (TPSA) is 89.0 Å². The number of amides is 1. The van der Waals surface area contributed by atoms with Crippen LogP contribution in [0.25, 0.3) is 27.6 Å². The molecule has 2 aromatic heterocycles. The Morgan fingerprint density at radius 3 is 2.57 bits per heavy atom. The number of para-hydroxylation sites is 2. The van der Waals surface area contributed by atoms with Gasteiger partial charge in [0.15, 0.2) is 5.16 Å². The summed E-state index contributed by atoms with van der Waals surface area (Å²) in [7, 11) is 0. The number of H-pyrrole nitrogens is 1. The van der Waals surface area contributed by atoms with E-state index in [1.165, 1.54) is 11.8 Å². The van der Waals surface area contributed by atoms with Crippen molar-refractivity contribution in [1.82, 2.24) is 14.5 Å². The van der Waals surface area contributed by atoms with Gasteiger partial charge in [-0.1, -0.05) is 48.2 Å². The number of hydrogen-bond acceptors (Lipinski definition) is 5. The molecule has 0 saturated heterocycles. The van der Waals surface area contributed by atoms with E-state index in [0.717, 1.165) is 27.9 Å². The highest BCUT2D eigenvalue weighted by Crippen LogP contribution is 2.27. The van der Waals surface area contributed by atoms with Crippen molar-refractivity contribution in [2.75, 3.05) is 17.7 Å². The molecule has 0 bridgehead atoms. The van der Waals surface area contributed by atoms with Crippen molar-refractivity contribution in [3.63, 3.8) is 0 Å². The second-order valence-electron chi connectivity index (χ2n) is 8.01. The number of aromatic amines is 1. The lowest BCUT2D eigenvalue weighted by Crippen LogP contribution is -2.23. The first-order chi connectivity index (χ1) is 17.0. The molecule has 3 aromatic carbocycles. The number of fused-ring (bicyclic) bond motifs is 3. The number of ether oxygens (including phenoxy) is 1. The maximum Gasteiger partial charge on any atom is 0.283 e. The monoisotopic (exact) mass is 484 g/mol. The fraction of sp³-hybridized carbons (Fsp3) is 0.148. The number of aromatic nitrogens is 3. The summed E-state index contributed by atoms with van der Waals surface area (Å²) in [6.45, 7) is 4.45. The van der Waals surface area contributed by atoms with Gasteiger partial charge in [0.25, 0.3) is 5.56 Å². The zero-order valence-corrected chi connectivity index (χ0v) is 20.2. The van der Waals surface area contributed by atoms with Crippen LogP contribution < -0.4 is 15.6 Å². The van der Waals surface area contributed by atoms with Gasteiger partial charge in [-0.15, -0.1) is 0 Å². The average Bonchev–Trinajstić information content (AvgIpc) is 3.24. The summed E-state index contributed by atoms with van der Waals surface area (Å²) in [5, 5.41) is 4.23. The van der Waals surface area contributed by atoms with Crippen LogP contribution in [0.1, 0.15) is 12.5 Å². The van der Waals surface area contributed by atoms with Gasteiger partial charge in [0, 0.05) is 16.6 Å². The Bertz CT molecular complexity index is 1590. The predicted molar refractivity (Wildman–Crippen MR) is 141 cm³/mol. The van der Waals surface area contributed by atoms with Crippen LogP contribution in [0.3, 0.4) is 0 Å². The predicted octanol–water partition coefficient (Wildman–Crippen LogP) is 5.30. The van der Waals surface area contributed by atoms with Crippen LogP contribution in [0.15, 0.2) is 82.7 Å². The molecule has 35 heavy (non-hydrogen) atoms. The maximum atomic E-state index is 13.7. The molecule has 0 spiro atoms. The van der Waals surface area contributed by atoms with Gasteiger partial charge in [-0.3, -0.25) is 14.2 Å². The quantitative estimate of drug-likeness (QED) is 0.242. The van der Waals surface area contributed by atoms with Gasteiger partial charge in [0.1, 0.15) is 16.8 Å². The molecule has 0 atom stereocenters. The minimum atomic E-state index is -0.199. The molecule has 0 saturated carbocycles. The molecule has 7 nitrogen and oxygen atoms in total. The van der Waals surface area contributed by atoms with Gasteiger partial charge < -0.3 is 15.0 Å². The van der Waals surface area contributed by atoms with Crippen molar-refractivity contribution >= 4 is 45.3 Å². The molecule has 0 radical (unpaired) electrons. The van der Waals surface area contributed by atoms with Gasteiger partial charge >= 0.3 is 0 Å². The number of nitrogens with zero attached hydrogens (tertiary/aromatic N) is 2. The molecular formula is C27H24N4O3S. The van der Waals surface area contributed by atoms with Gasteiger partial charge in [0.2, 0.25) is 5.91 Å². The number of benzene rings is 3. The molecule has 176 valence electrons. The van der Waals surface area contributed by atoms with E-state index in [4.69, 9.17) is 9.72 Å². The van der Waals surface area contributed by atoms with E-state index in [9.17, 15) is 9.59 Å². The Morgan fingerprint density at radius 1 is 1.06 bits per heavy atom. The van der Waals surface area contributed by atoms with E-state index in [1.807, 2.05) is 74.5 Å². The molecule has 2 N–H and O–H groups in total. The molecule has 8 heteroatoms. The zero-order valence-electron chi connectivity index (χ0n) is 19.4. The third kappa shape index (κ3) is 4.52. The Balaban J connectivity index is 1.50. The Morgan fingerprint density at radius 2 is 1.80 bits per heavy atom. The number of carbonyl (C=O) groups excluding carboxylic acids is 1. The first-order valence-corrected chi connectivity index (χ1v) is 12.3. The molecular weight excluding hydrogens is 460 g/mol. The highest BCUT2D eigenvalue weighted by Gasteiger charge is 2.19. The summed E-state index contributed by atoms with van der Waals surface area (Å²) in [5.41, 5.74) is 4.04. The van der Waals surface area contributed by atoms with Gasteiger partial charge in [-0.2, -0.15) is 0 Å². The van der Waals surface area contributed by atoms with E-state index >= 15 is 0 Å². The summed E-state index contributed by atoms with van der Waals surface area (Å²) in [6, 6.07) is 22.6. The molecule has 0 aliphatic heterocycles. The molecule has 0 fully saturated rings. The van der Waals surface area contributed by atoms with Crippen molar-refractivity contribution in [2.24, 2.45) is 0 Å². The Hall–Kier alpha value is -4.04. The number of nitrogens with one attached hydrogen (secondary N) is 2. The number of aryl methyl sites for hydroxylation is 1. The summed E-state index contributed by atoms with van der Waals surface area (Å²) in [5.74, 6) is 0.654. The third-order valence-electron chi connectivity index (χ3n) is 5.63. The highest BCUT2D eigenvalue weighted by atomic mass is 32.2. The molecule has 5 rings (SSSR count). The van der Waals surface area contributed by atoms with Crippen molar-refractivity contribution in [1.29, 1.82) is 0 Å². The number of hydrogen-bond donors (Lipinski definition) is 2. The molecule has 2 heterocycles. The number of rotatable bonds is 7. The van der Waals surface area contributed by atoms with E-state index in [2.05, 4.69) is 10.3 Å². The lowest BCUT2D eigenvalue weighted by atomic mass is 10.2. The molecule has 0 unspecified atom stereocenters. The summed E-state index contributed by atoms with van der Waals surface area (Å²) in [6.07, 6.45) is 0. The van der Waals surface area contributed by atoms with E-state index in [0.29, 0.717) is 28.5 Å². The third-order valence-corrected chi connectivity index (χ3v) is 6.57. The largest absolute Gasteiger partial charge is 0.494 e. The molecule has 0 aliphatic carbocycles. The zero-order chi connectivity index (χ0) is 24.4. The van der Waals surface area contributed by atoms with Crippen LogP contribution in [-0.2, 0) is 4.79 Å².